The fourth-order valence-corrected chi connectivity index (χ4v) is 0.709. The van der Waals surface area contributed by atoms with Crippen molar-refractivity contribution in [1.82, 2.24) is 0 Å². The van der Waals surface area contributed by atoms with Gasteiger partial charge in [-0.1, -0.05) is 25.2 Å². The average molecular weight is 140 g/mol. The topological polar surface area (TPSA) is 20.2 Å². The summed E-state index contributed by atoms with van der Waals surface area (Å²) in [6.45, 7) is 5.62. The summed E-state index contributed by atoms with van der Waals surface area (Å²) < 4.78 is 0. The van der Waals surface area contributed by atoms with Gasteiger partial charge < -0.3 is 5.11 Å². The molecular formula is C9H16O. The highest BCUT2D eigenvalue weighted by atomic mass is 16.3. The van der Waals surface area contributed by atoms with Crippen molar-refractivity contribution >= 4 is 0 Å². The van der Waals surface area contributed by atoms with Crippen LogP contribution in [0.1, 0.15) is 26.2 Å². The molecule has 0 rings (SSSR count). The highest BCUT2D eigenvalue weighted by Gasteiger charge is 1.95. The number of hydrogen-bond acceptors (Lipinski definition) is 1. The maximum absolute atomic E-state index is 9.15. The molecule has 0 heterocycles. The zero-order chi connectivity index (χ0) is 7.82. The van der Waals surface area contributed by atoms with Crippen molar-refractivity contribution in [3.8, 4) is 0 Å². The minimum Gasteiger partial charge on any atom is -0.392 e. The fraction of sp³-hybridized carbons (Fsp3) is 0.556. The quantitative estimate of drug-likeness (QED) is 0.581. The normalized spacial score (nSPS) is 13.8. The van der Waals surface area contributed by atoms with E-state index in [1.165, 1.54) is 0 Å². The van der Waals surface area contributed by atoms with E-state index in [4.69, 9.17) is 5.11 Å². The first kappa shape index (κ1) is 9.44. The second kappa shape index (κ2) is 6.56. The molecule has 0 aromatic rings. The molecule has 1 atom stereocenters. The highest BCUT2D eigenvalue weighted by molar-refractivity contribution is 4.85. The van der Waals surface area contributed by atoms with Crippen LogP contribution in [0.25, 0.3) is 0 Å². The van der Waals surface area contributed by atoms with Crippen molar-refractivity contribution in [2.45, 2.75) is 32.3 Å². The summed E-state index contributed by atoms with van der Waals surface area (Å²) in [6.07, 6.45) is 8.06. The van der Waals surface area contributed by atoms with Crippen molar-refractivity contribution in [2.24, 2.45) is 0 Å². The van der Waals surface area contributed by atoms with Gasteiger partial charge in [-0.25, -0.2) is 0 Å². The van der Waals surface area contributed by atoms with E-state index in [1.54, 1.807) is 6.08 Å². The summed E-state index contributed by atoms with van der Waals surface area (Å²) in [4.78, 5) is 0. The third-order valence-electron chi connectivity index (χ3n) is 1.25. The van der Waals surface area contributed by atoms with Gasteiger partial charge in [0.2, 0.25) is 0 Å². The van der Waals surface area contributed by atoms with Crippen LogP contribution in [0.2, 0.25) is 0 Å². The number of allylic oxidation sites excluding steroid dienone is 1. The van der Waals surface area contributed by atoms with Crippen LogP contribution in [0.15, 0.2) is 24.8 Å². The SMILES string of the molecule is C=CCC(O)C/C=C\CC. The third-order valence-corrected chi connectivity index (χ3v) is 1.25. The lowest BCUT2D eigenvalue weighted by molar-refractivity contribution is 0.181. The van der Waals surface area contributed by atoms with Gasteiger partial charge in [0.1, 0.15) is 0 Å². The second-order valence-electron chi connectivity index (χ2n) is 2.29. The van der Waals surface area contributed by atoms with Crippen molar-refractivity contribution < 1.29 is 5.11 Å². The Balaban J connectivity index is 3.28. The molecule has 0 aliphatic heterocycles. The highest BCUT2D eigenvalue weighted by Crippen LogP contribution is 1.99. The van der Waals surface area contributed by atoms with Crippen LogP contribution < -0.4 is 0 Å². The fourth-order valence-electron chi connectivity index (χ4n) is 0.709. The Kier molecular flexibility index (Phi) is 6.19. The largest absolute Gasteiger partial charge is 0.392 e. The number of aliphatic hydroxyl groups is 1. The lowest BCUT2D eigenvalue weighted by atomic mass is 10.2. The van der Waals surface area contributed by atoms with Gasteiger partial charge in [-0.2, -0.15) is 0 Å². The molecule has 0 spiro atoms. The van der Waals surface area contributed by atoms with Crippen LogP contribution in [0.3, 0.4) is 0 Å². The first-order valence-electron chi connectivity index (χ1n) is 3.75. The zero-order valence-electron chi connectivity index (χ0n) is 6.59. The van der Waals surface area contributed by atoms with E-state index in [2.05, 4.69) is 19.6 Å². The van der Waals surface area contributed by atoms with Crippen LogP contribution >= 0.6 is 0 Å². The molecular weight excluding hydrogens is 124 g/mol. The molecule has 0 bridgehead atoms. The van der Waals surface area contributed by atoms with Gasteiger partial charge in [0.15, 0.2) is 0 Å². The Hall–Kier alpha value is -0.560. The van der Waals surface area contributed by atoms with Crippen molar-refractivity contribution in [2.75, 3.05) is 0 Å². The van der Waals surface area contributed by atoms with E-state index in [1.807, 2.05) is 6.08 Å². The Morgan fingerprint density at radius 1 is 1.40 bits per heavy atom. The van der Waals surface area contributed by atoms with Gasteiger partial charge in [0.25, 0.3) is 0 Å². The van der Waals surface area contributed by atoms with Gasteiger partial charge in [-0.3, -0.25) is 0 Å². The molecule has 0 aromatic carbocycles. The maximum Gasteiger partial charge on any atom is 0.0608 e. The molecule has 0 aromatic heterocycles. The van der Waals surface area contributed by atoms with E-state index in [-0.39, 0.29) is 6.10 Å². The van der Waals surface area contributed by atoms with E-state index >= 15 is 0 Å². The molecule has 58 valence electrons. The number of hydrogen-bond donors (Lipinski definition) is 1. The van der Waals surface area contributed by atoms with E-state index in [0.717, 1.165) is 12.8 Å². The molecule has 0 fully saturated rings. The first-order valence-corrected chi connectivity index (χ1v) is 3.75. The smallest absolute Gasteiger partial charge is 0.0608 e. The van der Waals surface area contributed by atoms with E-state index in [0.29, 0.717) is 6.42 Å². The number of aliphatic hydroxyl groups excluding tert-OH is 1. The van der Waals surface area contributed by atoms with Gasteiger partial charge in [-0.05, 0) is 19.3 Å². The molecule has 1 heteroatoms. The van der Waals surface area contributed by atoms with Crippen molar-refractivity contribution in [1.29, 1.82) is 0 Å². The molecule has 0 saturated carbocycles. The zero-order valence-corrected chi connectivity index (χ0v) is 6.59. The maximum atomic E-state index is 9.15. The summed E-state index contributed by atoms with van der Waals surface area (Å²) in [6, 6.07) is 0. The van der Waals surface area contributed by atoms with Gasteiger partial charge in [0.05, 0.1) is 6.10 Å². The molecule has 0 saturated heterocycles. The summed E-state index contributed by atoms with van der Waals surface area (Å²) in [7, 11) is 0. The van der Waals surface area contributed by atoms with Crippen LogP contribution in [-0.2, 0) is 0 Å². The minimum absolute atomic E-state index is 0.236. The van der Waals surface area contributed by atoms with Crippen molar-refractivity contribution in [3.05, 3.63) is 24.8 Å². The minimum atomic E-state index is -0.236. The monoisotopic (exact) mass is 140 g/mol. The predicted molar refractivity (Wildman–Crippen MR) is 44.9 cm³/mol. The van der Waals surface area contributed by atoms with Crippen LogP contribution in [-0.4, -0.2) is 11.2 Å². The van der Waals surface area contributed by atoms with Gasteiger partial charge in [-0.15, -0.1) is 6.58 Å². The molecule has 0 amide bonds. The Morgan fingerprint density at radius 3 is 2.60 bits per heavy atom. The van der Waals surface area contributed by atoms with Crippen molar-refractivity contribution in [3.63, 3.8) is 0 Å². The van der Waals surface area contributed by atoms with Crippen LogP contribution in [0.5, 0.6) is 0 Å². The Morgan fingerprint density at radius 2 is 2.10 bits per heavy atom. The standard InChI is InChI=1S/C9H16O/c1-3-5-6-8-9(10)7-4-2/h4-6,9-10H,2-3,7-8H2,1H3/b6-5-. The lowest BCUT2D eigenvalue weighted by Crippen LogP contribution is -2.01. The molecule has 0 radical (unpaired) electrons. The van der Waals surface area contributed by atoms with Gasteiger partial charge >= 0.3 is 0 Å². The molecule has 1 unspecified atom stereocenters. The summed E-state index contributed by atoms with van der Waals surface area (Å²) >= 11 is 0. The molecule has 1 nitrogen and oxygen atoms in total. The third kappa shape index (κ3) is 5.57. The molecule has 0 aliphatic carbocycles. The summed E-state index contributed by atoms with van der Waals surface area (Å²) in [5, 5.41) is 9.15. The lowest BCUT2D eigenvalue weighted by Gasteiger charge is -2.01. The Bertz CT molecular complexity index is 105. The van der Waals surface area contributed by atoms with Crippen LogP contribution in [0, 0.1) is 0 Å². The Labute approximate surface area is 63.1 Å². The average Bonchev–Trinajstić information content (AvgIpc) is 1.89. The molecule has 0 aliphatic rings. The summed E-state index contributed by atoms with van der Waals surface area (Å²) in [5.74, 6) is 0. The van der Waals surface area contributed by atoms with E-state index in [9.17, 15) is 0 Å². The molecule has 10 heavy (non-hydrogen) atoms. The number of rotatable bonds is 5. The summed E-state index contributed by atoms with van der Waals surface area (Å²) in [5.41, 5.74) is 0. The molecule has 1 N–H and O–H groups in total. The van der Waals surface area contributed by atoms with Gasteiger partial charge in [0, 0.05) is 0 Å². The predicted octanol–water partition coefficient (Wildman–Crippen LogP) is 2.28. The first-order chi connectivity index (χ1) is 4.81. The van der Waals surface area contributed by atoms with Crippen LogP contribution in [0.4, 0.5) is 0 Å². The second-order valence-corrected chi connectivity index (χ2v) is 2.29. The van der Waals surface area contributed by atoms with E-state index < -0.39 is 0 Å².